The summed E-state index contributed by atoms with van der Waals surface area (Å²) in [6.45, 7) is 12.1. The standard InChI is InChI=1S/C28H40O9/c1-14(29)33-13-27(7)19-12-21(35-16(3)31)28-18(25(19,5)11-9-20(27)34-15(2)30)8-10-26(6,22-23(28)37-22)24(28)36-17(4)32/h18-24H,8-13H2,1-7H3. The summed E-state index contributed by atoms with van der Waals surface area (Å²) >= 11 is 0. The topological polar surface area (TPSA) is 118 Å². The van der Waals surface area contributed by atoms with Gasteiger partial charge in [-0.1, -0.05) is 20.8 Å². The van der Waals surface area contributed by atoms with Gasteiger partial charge in [0.25, 0.3) is 0 Å². The van der Waals surface area contributed by atoms with Gasteiger partial charge in [-0.2, -0.15) is 0 Å². The Morgan fingerprint density at radius 2 is 1.32 bits per heavy atom. The second-order valence-electron chi connectivity index (χ2n) is 12.9. The average molecular weight is 521 g/mol. The van der Waals surface area contributed by atoms with Crippen LogP contribution in [0, 0.1) is 33.5 Å². The van der Waals surface area contributed by atoms with E-state index in [1.165, 1.54) is 27.7 Å². The normalized spacial score (nSPS) is 49.0. The van der Waals surface area contributed by atoms with Crippen molar-refractivity contribution in [2.75, 3.05) is 6.61 Å². The first kappa shape index (κ1) is 26.4. The van der Waals surface area contributed by atoms with Gasteiger partial charge in [0, 0.05) is 38.5 Å². The molecule has 5 fully saturated rings. The van der Waals surface area contributed by atoms with Crippen molar-refractivity contribution in [3.8, 4) is 0 Å². The van der Waals surface area contributed by atoms with Crippen LogP contribution in [0.1, 0.15) is 80.6 Å². The molecule has 1 saturated heterocycles. The highest BCUT2D eigenvalue weighted by atomic mass is 16.6. The summed E-state index contributed by atoms with van der Waals surface area (Å²) in [5.74, 6) is -1.56. The lowest BCUT2D eigenvalue weighted by molar-refractivity contribution is -0.285. The van der Waals surface area contributed by atoms with Crippen LogP contribution in [0.15, 0.2) is 0 Å². The van der Waals surface area contributed by atoms with Crippen LogP contribution >= 0.6 is 0 Å². The van der Waals surface area contributed by atoms with Crippen LogP contribution in [0.4, 0.5) is 0 Å². The zero-order valence-electron chi connectivity index (χ0n) is 23.0. The summed E-state index contributed by atoms with van der Waals surface area (Å²) in [5, 5.41) is 0. The molecule has 0 aromatic heterocycles. The number of hydrogen-bond donors (Lipinski definition) is 0. The maximum absolute atomic E-state index is 12.5. The largest absolute Gasteiger partial charge is 0.465 e. The lowest BCUT2D eigenvalue weighted by Crippen LogP contribution is -2.71. The van der Waals surface area contributed by atoms with Crippen LogP contribution in [0.5, 0.6) is 0 Å². The highest BCUT2D eigenvalue weighted by Gasteiger charge is 2.86. The number of epoxide rings is 1. The van der Waals surface area contributed by atoms with Crippen molar-refractivity contribution in [1.29, 1.82) is 0 Å². The molecule has 9 nitrogen and oxygen atoms in total. The number of carbonyl (C=O) groups excluding carboxylic acids is 4. The monoisotopic (exact) mass is 520 g/mol. The Kier molecular flexibility index (Phi) is 6.02. The maximum atomic E-state index is 12.5. The minimum Gasteiger partial charge on any atom is -0.465 e. The Balaban J connectivity index is 1.64. The summed E-state index contributed by atoms with van der Waals surface area (Å²) in [6, 6.07) is 0. The molecule has 206 valence electrons. The van der Waals surface area contributed by atoms with Crippen LogP contribution in [-0.4, -0.2) is 61.0 Å². The minimum atomic E-state index is -0.690. The molecular formula is C28H40O9. The number of carbonyl (C=O) groups is 4. The zero-order chi connectivity index (χ0) is 27.1. The van der Waals surface area contributed by atoms with Crippen molar-refractivity contribution in [1.82, 2.24) is 0 Å². The SMILES string of the molecule is CC(=O)OCC1(C)C(OC(C)=O)CCC2(C)C1CC(OC(C)=O)C13C4OC4C(C)(CCC21)C3OC(C)=O. The highest BCUT2D eigenvalue weighted by Crippen LogP contribution is 2.79. The van der Waals surface area contributed by atoms with Crippen molar-refractivity contribution < 1.29 is 42.9 Å². The fourth-order valence-electron chi connectivity index (χ4n) is 9.60. The molecular weight excluding hydrogens is 480 g/mol. The molecule has 0 N–H and O–H groups in total. The molecule has 1 aliphatic heterocycles. The van der Waals surface area contributed by atoms with Crippen molar-refractivity contribution in [3.63, 3.8) is 0 Å². The first-order valence-electron chi connectivity index (χ1n) is 13.5. The van der Waals surface area contributed by atoms with E-state index in [4.69, 9.17) is 23.7 Å². The second-order valence-corrected chi connectivity index (χ2v) is 12.9. The lowest BCUT2D eigenvalue weighted by atomic mass is 9.38. The maximum Gasteiger partial charge on any atom is 0.302 e. The number of rotatable bonds is 5. The highest BCUT2D eigenvalue weighted by molar-refractivity contribution is 5.68. The smallest absolute Gasteiger partial charge is 0.302 e. The van der Waals surface area contributed by atoms with E-state index in [1.807, 2.05) is 6.92 Å². The third-order valence-electron chi connectivity index (χ3n) is 10.8. The molecule has 0 radical (unpaired) electrons. The van der Waals surface area contributed by atoms with Gasteiger partial charge in [-0.05, 0) is 49.4 Å². The fourth-order valence-corrected chi connectivity index (χ4v) is 9.60. The van der Waals surface area contributed by atoms with Crippen LogP contribution in [-0.2, 0) is 42.9 Å². The molecule has 0 aromatic rings. The van der Waals surface area contributed by atoms with E-state index in [0.29, 0.717) is 12.8 Å². The molecule has 0 amide bonds. The van der Waals surface area contributed by atoms with Crippen LogP contribution in [0.3, 0.4) is 0 Å². The Hall–Kier alpha value is -2.16. The van der Waals surface area contributed by atoms with Gasteiger partial charge in [0.15, 0.2) is 0 Å². The predicted molar refractivity (Wildman–Crippen MR) is 129 cm³/mol. The Morgan fingerprint density at radius 1 is 0.730 bits per heavy atom. The third kappa shape index (κ3) is 3.58. The molecule has 0 aromatic carbocycles. The summed E-state index contributed by atoms with van der Waals surface area (Å²) in [6.07, 6.45) is 2.00. The quantitative estimate of drug-likeness (QED) is 0.305. The molecule has 11 unspecified atom stereocenters. The average Bonchev–Trinajstić information content (AvgIpc) is 3.57. The van der Waals surface area contributed by atoms with Gasteiger partial charge < -0.3 is 23.7 Å². The number of esters is 4. The molecule has 1 heterocycles. The summed E-state index contributed by atoms with van der Waals surface area (Å²) in [7, 11) is 0. The van der Waals surface area contributed by atoms with Crippen molar-refractivity contribution >= 4 is 23.9 Å². The van der Waals surface area contributed by atoms with Gasteiger partial charge in [0.1, 0.15) is 24.9 Å². The number of ether oxygens (including phenoxy) is 5. The van der Waals surface area contributed by atoms with E-state index in [2.05, 4.69) is 13.8 Å². The molecule has 4 aliphatic carbocycles. The van der Waals surface area contributed by atoms with Gasteiger partial charge in [-0.15, -0.1) is 0 Å². The lowest BCUT2D eigenvalue weighted by Gasteiger charge is -2.68. The van der Waals surface area contributed by atoms with Gasteiger partial charge >= 0.3 is 23.9 Å². The van der Waals surface area contributed by atoms with E-state index in [9.17, 15) is 19.2 Å². The first-order valence-corrected chi connectivity index (χ1v) is 13.5. The van der Waals surface area contributed by atoms with E-state index < -0.39 is 41.1 Å². The third-order valence-corrected chi connectivity index (χ3v) is 10.8. The minimum absolute atomic E-state index is 0.0351. The van der Waals surface area contributed by atoms with E-state index in [0.717, 1.165) is 19.3 Å². The summed E-state index contributed by atoms with van der Waals surface area (Å²) < 4.78 is 30.0. The first-order chi connectivity index (χ1) is 17.2. The molecule has 37 heavy (non-hydrogen) atoms. The van der Waals surface area contributed by atoms with Gasteiger partial charge in [0.05, 0.1) is 17.6 Å². The van der Waals surface area contributed by atoms with E-state index in [-0.39, 0.29) is 53.4 Å². The Morgan fingerprint density at radius 3 is 1.92 bits per heavy atom. The molecule has 11 atom stereocenters. The van der Waals surface area contributed by atoms with Gasteiger partial charge in [-0.3, -0.25) is 19.2 Å². The number of fused-ring (bicyclic) bond motifs is 5. The van der Waals surface area contributed by atoms with Gasteiger partial charge in [0.2, 0.25) is 0 Å². The van der Waals surface area contributed by atoms with Crippen molar-refractivity contribution in [2.45, 2.75) is 111 Å². The van der Waals surface area contributed by atoms with Crippen LogP contribution in [0.2, 0.25) is 0 Å². The second kappa shape index (κ2) is 8.42. The molecule has 5 aliphatic rings. The van der Waals surface area contributed by atoms with Crippen molar-refractivity contribution in [3.05, 3.63) is 0 Å². The predicted octanol–water partition coefficient (Wildman–Crippen LogP) is 3.35. The molecule has 5 rings (SSSR count). The molecule has 4 saturated carbocycles. The van der Waals surface area contributed by atoms with Crippen LogP contribution < -0.4 is 0 Å². The van der Waals surface area contributed by atoms with E-state index in [1.54, 1.807) is 0 Å². The summed E-state index contributed by atoms with van der Waals surface area (Å²) in [5.41, 5.74) is -1.96. The van der Waals surface area contributed by atoms with Gasteiger partial charge in [-0.25, -0.2) is 0 Å². The molecule has 9 heteroatoms. The van der Waals surface area contributed by atoms with Crippen LogP contribution in [0.25, 0.3) is 0 Å². The zero-order valence-corrected chi connectivity index (χ0v) is 23.0. The van der Waals surface area contributed by atoms with Crippen molar-refractivity contribution in [2.24, 2.45) is 33.5 Å². The summed E-state index contributed by atoms with van der Waals surface area (Å²) in [4.78, 5) is 48.9. The Bertz CT molecular complexity index is 1030. The molecule has 1 spiro atoms. The van der Waals surface area contributed by atoms with E-state index >= 15 is 0 Å². The number of hydrogen-bond acceptors (Lipinski definition) is 9. The Labute approximate surface area is 218 Å². The molecule has 2 bridgehead atoms. The fraction of sp³-hybridized carbons (Fsp3) is 0.857.